The van der Waals surface area contributed by atoms with Gasteiger partial charge in [0.05, 0.1) is 37.0 Å². The summed E-state index contributed by atoms with van der Waals surface area (Å²) in [5.74, 6) is 0. The van der Waals surface area contributed by atoms with Gasteiger partial charge in [0, 0.05) is 30.4 Å². The molecular formula is C17H14ClF3N6O. The number of nitrogens with zero attached hydrogens (tertiary/aromatic N) is 5. The van der Waals surface area contributed by atoms with Crippen LogP contribution in [-0.4, -0.2) is 31.3 Å². The topological polar surface area (TPSA) is 79.7 Å². The minimum Gasteiger partial charge on any atom is -0.362 e. The number of hydrogen-bond acceptors (Lipinski definition) is 5. The van der Waals surface area contributed by atoms with E-state index >= 15 is 0 Å². The smallest absolute Gasteiger partial charge is 0.362 e. The molecule has 0 atom stereocenters. The molecule has 0 radical (unpaired) electrons. The van der Waals surface area contributed by atoms with Crippen molar-refractivity contribution < 1.29 is 13.2 Å². The van der Waals surface area contributed by atoms with Crippen LogP contribution in [0.3, 0.4) is 0 Å². The van der Waals surface area contributed by atoms with Crippen molar-refractivity contribution in [2.45, 2.75) is 25.7 Å². The Bertz CT molecular complexity index is 1080. The van der Waals surface area contributed by atoms with Crippen LogP contribution in [0, 0.1) is 0 Å². The largest absolute Gasteiger partial charge is 0.433 e. The number of hydrogen-bond donors (Lipinski definition) is 1. The molecule has 0 fully saturated rings. The molecule has 7 nitrogen and oxygen atoms in total. The van der Waals surface area contributed by atoms with Crippen molar-refractivity contribution in [2.75, 3.05) is 11.4 Å². The van der Waals surface area contributed by atoms with Crippen LogP contribution in [0.15, 0.2) is 35.6 Å². The number of rotatable bonds is 3. The van der Waals surface area contributed by atoms with Gasteiger partial charge in [0.15, 0.2) is 0 Å². The van der Waals surface area contributed by atoms with Crippen LogP contribution >= 0.6 is 11.6 Å². The fraction of sp³-hybridized carbons (Fsp3) is 0.294. The fourth-order valence-corrected chi connectivity index (χ4v) is 3.52. The van der Waals surface area contributed by atoms with E-state index in [2.05, 4.69) is 20.2 Å². The van der Waals surface area contributed by atoms with Crippen molar-refractivity contribution in [3.8, 4) is 0 Å². The zero-order valence-corrected chi connectivity index (χ0v) is 15.1. The van der Waals surface area contributed by atoms with Gasteiger partial charge >= 0.3 is 6.18 Å². The number of pyridine rings is 1. The zero-order chi connectivity index (χ0) is 19.9. The third-order valence-corrected chi connectivity index (χ3v) is 4.98. The number of H-pyrrole nitrogens is 1. The molecule has 0 amide bonds. The Morgan fingerprint density at radius 1 is 1.29 bits per heavy atom. The van der Waals surface area contributed by atoms with Crippen LogP contribution in [0.5, 0.6) is 0 Å². The summed E-state index contributed by atoms with van der Waals surface area (Å²) < 4.78 is 41.3. The summed E-state index contributed by atoms with van der Waals surface area (Å²) in [5.41, 5.74) is 0.780. The predicted molar refractivity (Wildman–Crippen MR) is 95.2 cm³/mol. The van der Waals surface area contributed by atoms with E-state index in [1.807, 2.05) is 4.90 Å². The number of imidazole rings is 1. The minimum absolute atomic E-state index is 0.0261. The number of anilines is 1. The van der Waals surface area contributed by atoms with Crippen LogP contribution in [0.4, 0.5) is 18.9 Å². The lowest BCUT2D eigenvalue weighted by atomic mass is 10.1. The Morgan fingerprint density at radius 3 is 2.89 bits per heavy atom. The fourth-order valence-electron chi connectivity index (χ4n) is 3.31. The van der Waals surface area contributed by atoms with E-state index in [-0.39, 0.29) is 17.1 Å². The Hall–Kier alpha value is -2.88. The molecule has 3 aromatic rings. The van der Waals surface area contributed by atoms with Crippen LogP contribution in [0.25, 0.3) is 0 Å². The first kappa shape index (κ1) is 18.5. The van der Waals surface area contributed by atoms with Gasteiger partial charge in [-0.25, -0.2) is 10.1 Å². The monoisotopic (exact) mass is 410 g/mol. The van der Waals surface area contributed by atoms with Gasteiger partial charge in [0.1, 0.15) is 10.7 Å². The summed E-state index contributed by atoms with van der Waals surface area (Å²) in [5, 5.41) is 6.08. The maximum absolute atomic E-state index is 13.2. The maximum atomic E-state index is 13.2. The standard InChI is InChI=1S/C17H14ClF3N6O/c18-14-13(6-24-25-16(14)28)26-5-3-12-11(8-26)23-9-27(12)7-10-2-1-4-22-15(10)17(19,20)21/h1-2,4,6,9H,3,5,7-8H2,(H,25,28). The van der Waals surface area contributed by atoms with Crippen molar-refractivity contribution >= 4 is 17.3 Å². The Kier molecular flexibility index (Phi) is 4.58. The predicted octanol–water partition coefficient (Wildman–Crippen LogP) is 2.64. The van der Waals surface area contributed by atoms with E-state index in [0.29, 0.717) is 25.2 Å². The second kappa shape index (κ2) is 6.93. The molecule has 0 spiro atoms. The first-order valence-corrected chi connectivity index (χ1v) is 8.74. The molecule has 0 aromatic carbocycles. The van der Waals surface area contributed by atoms with E-state index in [1.54, 1.807) is 4.57 Å². The number of aromatic nitrogens is 5. The molecule has 1 N–H and O–H groups in total. The first-order valence-electron chi connectivity index (χ1n) is 8.36. The quantitative estimate of drug-likeness (QED) is 0.718. The third-order valence-electron chi connectivity index (χ3n) is 4.61. The maximum Gasteiger partial charge on any atom is 0.433 e. The second-order valence-corrected chi connectivity index (χ2v) is 6.72. The summed E-state index contributed by atoms with van der Waals surface area (Å²) in [6, 6.07) is 2.90. The second-order valence-electron chi connectivity index (χ2n) is 6.34. The summed E-state index contributed by atoms with van der Waals surface area (Å²) >= 11 is 6.06. The van der Waals surface area contributed by atoms with E-state index in [9.17, 15) is 18.0 Å². The normalized spacial score (nSPS) is 14.2. The average Bonchev–Trinajstić information content (AvgIpc) is 3.06. The van der Waals surface area contributed by atoms with E-state index in [0.717, 1.165) is 17.6 Å². The highest BCUT2D eigenvalue weighted by Crippen LogP contribution is 2.31. The van der Waals surface area contributed by atoms with Gasteiger partial charge in [-0.1, -0.05) is 17.7 Å². The number of fused-ring (bicyclic) bond motifs is 1. The Labute approximate surface area is 161 Å². The lowest BCUT2D eigenvalue weighted by molar-refractivity contribution is -0.141. The molecule has 1 aliphatic heterocycles. The third kappa shape index (κ3) is 3.35. The van der Waals surface area contributed by atoms with Crippen molar-refractivity contribution in [2.24, 2.45) is 0 Å². The molecular weight excluding hydrogens is 397 g/mol. The summed E-state index contributed by atoms with van der Waals surface area (Å²) in [7, 11) is 0. The Balaban J connectivity index is 1.61. The van der Waals surface area contributed by atoms with Gasteiger partial charge in [-0.05, 0) is 6.07 Å². The molecule has 4 rings (SSSR count). The van der Waals surface area contributed by atoms with Gasteiger partial charge in [-0.15, -0.1) is 0 Å². The molecule has 0 aliphatic carbocycles. The summed E-state index contributed by atoms with van der Waals surface area (Å²) in [6.07, 6.45) is 0.154. The molecule has 0 saturated carbocycles. The molecule has 0 unspecified atom stereocenters. The van der Waals surface area contributed by atoms with Gasteiger partial charge < -0.3 is 9.47 Å². The minimum atomic E-state index is -4.52. The van der Waals surface area contributed by atoms with Crippen LogP contribution in [0.2, 0.25) is 5.02 Å². The highest BCUT2D eigenvalue weighted by molar-refractivity contribution is 6.32. The van der Waals surface area contributed by atoms with Gasteiger partial charge in [-0.3, -0.25) is 9.78 Å². The number of halogens is 4. The molecule has 0 saturated heterocycles. The van der Waals surface area contributed by atoms with Crippen molar-refractivity contribution in [3.63, 3.8) is 0 Å². The van der Waals surface area contributed by atoms with Gasteiger partial charge in [0.25, 0.3) is 5.56 Å². The zero-order valence-electron chi connectivity index (χ0n) is 14.4. The number of alkyl halides is 3. The first-order chi connectivity index (χ1) is 13.3. The molecule has 11 heteroatoms. The van der Waals surface area contributed by atoms with Crippen molar-refractivity contribution in [1.82, 2.24) is 24.7 Å². The Morgan fingerprint density at radius 2 is 2.11 bits per heavy atom. The van der Waals surface area contributed by atoms with Crippen molar-refractivity contribution in [3.05, 3.63) is 68.9 Å². The number of nitrogens with one attached hydrogen (secondary N) is 1. The summed E-state index contributed by atoms with van der Waals surface area (Å²) in [4.78, 5) is 21.4. The molecule has 146 valence electrons. The lowest BCUT2D eigenvalue weighted by Gasteiger charge is -2.29. The molecule has 28 heavy (non-hydrogen) atoms. The molecule has 3 aromatic heterocycles. The van der Waals surface area contributed by atoms with E-state index in [4.69, 9.17) is 11.6 Å². The van der Waals surface area contributed by atoms with Crippen LogP contribution in [0.1, 0.15) is 22.6 Å². The van der Waals surface area contributed by atoms with Crippen LogP contribution in [-0.2, 0) is 25.7 Å². The summed E-state index contributed by atoms with van der Waals surface area (Å²) in [6.45, 7) is 0.938. The average molecular weight is 411 g/mol. The van der Waals surface area contributed by atoms with E-state index < -0.39 is 17.4 Å². The van der Waals surface area contributed by atoms with Crippen molar-refractivity contribution in [1.29, 1.82) is 0 Å². The van der Waals surface area contributed by atoms with Crippen LogP contribution < -0.4 is 10.5 Å². The lowest BCUT2D eigenvalue weighted by Crippen LogP contribution is -2.32. The molecule has 0 bridgehead atoms. The molecule has 4 heterocycles. The SMILES string of the molecule is O=c1[nH]ncc(N2CCc3c(ncn3Cc3cccnc3C(F)(F)F)C2)c1Cl. The number of aromatic amines is 1. The highest BCUT2D eigenvalue weighted by Gasteiger charge is 2.35. The van der Waals surface area contributed by atoms with E-state index in [1.165, 1.54) is 24.7 Å². The van der Waals surface area contributed by atoms with Gasteiger partial charge in [0.2, 0.25) is 0 Å². The molecule has 1 aliphatic rings. The van der Waals surface area contributed by atoms with Gasteiger partial charge in [-0.2, -0.15) is 18.3 Å². The highest BCUT2D eigenvalue weighted by atomic mass is 35.5.